The number of Topliss-reactive ketones (excluding diaryl/α,β-unsaturated/α-hetero) is 1. The molecule has 0 aromatic heterocycles. The van der Waals surface area contributed by atoms with Crippen molar-refractivity contribution in [1.82, 2.24) is 0 Å². The Kier molecular flexibility index (Phi) is 4.64. The van der Waals surface area contributed by atoms with Crippen molar-refractivity contribution in [2.75, 3.05) is 5.75 Å². The van der Waals surface area contributed by atoms with Gasteiger partial charge in [0, 0.05) is 23.1 Å². The summed E-state index contributed by atoms with van der Waals surface area (Å²) < 4.78 is 26.2. The van der Waals surface area contributed by atoms with Gasteiger partial charge < -0.3 is 0 Å². The number of carbonyl (C=O) groups excluding carboxylic acids is 1. The molecule has 0 aliphatic heterocycles. The van der Waals surface area contributed by atoms with Crippen molar-refractivity contribution in [2.45, 2.75) is 4.90 Å². The first kappa shape index (κ1) is 15.1. The number of hydrogen-bond acceptors (Lipinski definition) is 4. The van der Waals surface area contributed by atoms with Crippen molar-refractivity contribution in [3.8, 4) is 0 Å². The second kappa shape index (κ2) is 6.45. The molecule has 2 aromatic rings. The maximum absolute atomic E-state index is 13.4. The van der Waals surface area contributed by atoms with Gasteiger partial charge in [0.15, 0.2) is 5.78 Å². The lowest BCUT2D eigenvalue weighted by Gasteiger charge is -2.03. The van der Waals surface area contributed by atoms with Crippen LogP contribution in [0.25, 0.3) is 0 Å². The van der Waals surface area contributed by atoms with Gasteiger partial charge in [-0.05, 0) is 24.3 Å². The van der Waals surface area contributed by atoms with Crippen LogP contribution in [0.1, 0.15) is 10.4 Å². The van der Waals surface area contributed by atoms with Crippen LogP contribution < -0.4 is 0 Å². The van der Waals surface area contributed by atoms with Gasteiger partial charge >= 0.3 is 0 Å². The highest BCUT2D eigenvalue weighted by molar-refractivity contribution is 8.00. The second-order valence-corrected chi connectivity index (χ2v) is 5.14. The Balaban J connectivity index is 2.02. The largest absolute Gasteiger partial charge is 0.293 e. The number of halogens is 2. The maximum Gasteiger partial charge on any atom is 0.269 e. The molecule has 7 heteroatoms. The van der Waals surface area contributed by atoms with E-state index in [0.29, 0.717) is 11.0 Å². The molecular formula is C14H9F2NO3S. The van der Waals surface area contributed by atoms with Gasteiger partial charge in [-0.3, -0.25) is 14.9 Å². The summed E-state index contributed by atoms with van der Waals surface area (Å²) in [5.41, 5.74) is -0.221. The van der Waals surface area contributed by atoms with E-state index in [4.69, 9.17) is 0 Å². The third-order valence-electron chi connectivity index (χ3n) is 2.65. The van der Waals surface area contributed by atoms with E-state index in [1.807, 2.05) is 0 Å². The van der Waals surface area contributed by atoms with E-state index in [2.05, 4.69) is 0 Å². The van der Waals surface area contributed by atoms with Crippen LogP contribution in [-0.2, 0) is 0 Å². The molecule has 0 unspecified atom stereocenters. The third kappa shape index (κ3) is 3.85. The number of nitrogens with zero attached hydrogens (tertiary/aromatic N) is 1. The number of carbonyl (C=O) groups is 1. The summed E-state index contributed by atoms with van der Waals surface area (Å²) in [4.78, 5) is 22.5. The molecule has 2 aromatic carbocycles. The lowest BCUT2D eigenvalue weighted by Crippen LogP contribution is -2.05. The van der Waals surface area contributed by atoms with Crippen LogP contribution in [0.3, 0.4) is 0 Å². The van der Waals surface area contributed by atoms with Gasteiger partial charge in [-0.15, -0.1) is 11.8 Å². The smallest absolute Gasteiger partial charge is 0.269 e. The van der Waals surface area contributed by atoms with Crippen molar-refractivity contribution < 1.29 is 18.5 Å². The average Bonchev–Trinajstić information content (AvgIpc) is 2.45. The third-order valence-corrected chi connectivity index (χ3v) is 3.66. The molecule has 108 valence electrons. The van der Waals surface area contributed by atoms with Crippen molar-refractivity contribution in [2.24, 2.45) is 0 Å². The maximum atomic E-state index is 13.4. The first-order chi connectivity index (χ1) is 9.97. The van der Waals surface area contributed by atoms with Crippen LogP contribution in [-0.4, -0.2) is 16.5 Å². The number of ketones is 1. The molecule has 4 nitrogen and oxygen atoms in total. The molecule has 0 aliphatic rings. The molecule has 0 saturated carbocycles. The first-order valence-electron chi connectivity index (χ1n) is 5.83. The standard InChI is InChI=1S/C14H9F2NO3S/c15-9-1-6-12(13(16)7-9)14(18)8-21-11-4-2-10(3-5-11)17(19)20/h1-7H,8H2. The van der Waals surface area contributed by atoms with Gasteiger partial charge in [0.25, 0.3) is 5.69 Å². The highest BCUT2D eigenvalue weighted by Crippen LogP contribution is 2.23. The number of nitro groups is 1. The molecule has 0 aliphatic carbocycles. The van der Waals surface area contributed by atoms with Gasteiger partial charge in [0.2, 0.25) is 0 Å². The van der Waals surface area contributed by atoms with E-state index >= 15 is 0 Å². The zero-order valence-corrected chi connectivity index (χ0v) is 11.4. The molecule has 0 radical (unpaired) electrons. The fraction of sp³-hybridized carbons (Fsp3) is 0.0714. The lowest BCUT2D eigenvalue weighted by molar-refractivity contribution is -0.384. The second-order valence-electron chi connectivity index (χ2n) is 4.09. The highest BCUT2D eigenvalue weighted by atomic mass is 32.2. The molecule has 0 bridgehead atoms. The minimum Gasteiger partial charge on any atom is -0.293 e. The number of benzene rings is 2. The highest BCUT2D eigenvalue weighted by Gasteiger charge is 2.13. The monoisotopic (exact) mass is 309 g/mol. The molecule has 0 saturated heterocycles. The Morgan fingerprint density at radius 1 is 1.14 bits per heavy atom. The van der Waals surface area contributed by atoms with Crippen LogP contribution in [0.15, 0.2) is 47.4 Å². The number of nitro benzene ring substituents is 1. The molecular weight excluding hydrogens is 300 g/mol. The predicted octanol–water partition coefficient (Wildman–Crippen LogP) is 3.85. The normalized spacial score (nSPS) is 10.4. The van der Waals surface area contributed by atoms with Gasteiger partial charge in [-0.2, -0.15) is 0 Å². The van der Waals surface area contributed by atoms with E-state index in [0.717, 1.165) is 23.9 Å². The van der Waals surface area contributed by atoms with Crippen molar-refractivity contribution >= 4 is 23.2 Å². The van der Waals surface area contributed by atoms with E-state index in [1.165, 1.54) is 24.3 Å². The zero-order chi connectivity index (χ0) is 15.4. The summed E-state index contributed by atoms with van der Waals surface area (Å²) in [6, 6.07) is 8.45. The summed E-state index contributed by atoms with van der Waals surface area (Å²) in [6.07, 6.45) is 0. The Bertz CT molecular complexity index is 689. The Morgan fingerprint density at radius 2 is 1.81 bits per heavy atom. The van der Waals surface area contributed by atoms with E-state index in [1.54, 1.807) is 0 Å². The van der Waals surface area contributed by atoms with E-state index < -0.39 is 22.3 Å². The van der Waals surface area contributed by atoms with Gasteiger partial charge in [-0.25, -0.2) is 8.78 Å². The van der Waals surface area contributed by atoms with Crippen LogP contribution in [0.5, 0.6) is 0 Å². The Hall–Kier alpha value is -2.28. The Labute approximate surface area is 122 Å². The summed E-state index contributed by atoms with van der Waals surface area (Å²) in [5, 5.41) is 10.5. The van der Waals surface area contributed by atoms with Gasteiger partial charge in [-0.1, -0.05) is 0 Å². The molecule has 2 rings (SSSR count). The van der Waals surface area contributed by atoms with Crippen molar-refractivity contribution in [1.29, 1.82) is 0 Å². The van der Waals surface area contributed by atoms with Crippen molar-refractivity contribution in [3.63, 3.8) is 0 Å². The summed E-state index contributed by atoms with van der Waals surface area (Å²) >= 11 is 1.12. The van der Waals surface area contributed by atoms with Crippen molar-refractivity contribution in [3.05, 3.63) is 69.8 Å². The molecule has 0 amide bonds. The number of non-ortho nitro benzene ring substituents is 1. The van der Waals surface area contributed by atoms with E-state index in [-0.39, 0.29) is 17.0 Å². The number of thioether (sulfide) groups is 1. The van der Waals surface area contributed by atoms with E-state index in [9.17, 15) is 23.7 Å². The molecule has 0 fully saturated rings. The molecule has 0 heterocycles. The first-order valence-corrected chi connectivity index (χ1v) is 6.81. The topological polar surface area (TPSA) is 60.2 Å². The zero-order valence-electron chi connectivity index (χ0n) is 10.6. The minimum atomic E-state index is -0.899. The Morgan fingerprint density at radius 3 is 2.38 bits per heavy atom. The predicted molar refractivity (Wildman–Crippen MR) is 74.5 cm³/mol. The lowest BCUT2D eigenvalue weighted by atomic mass is 10.1. The number of hydrogen-bond donors (Lipinski definition) is 0. The van der Waals surface area contributed by atoms with Gasteiger partial charge in [0.05, 0.1) is 16.2 Å². The van der Waals surface area contributed by atoms with Gasteiger partial charge in [0.1, 0.15) is 11.6 Å². The van der Waals surface area contributed by atoms with Crippen LogP contribution in [0, 0.1) is 21.7 Å². The van der Waals surface area contributed by atoms with Crippen LogP contribution >= 0.6 is 11.8 Å². The SMILES string of the molecule is O=C(CSc1ccc([N+](=O)[O-])cc1)c1ccc(F)cc1F. The summed E-state index contributed by atoms with van der Waals surface area (Å²) in [5.74, 6) is -2.16. The van der Waals surface area contributed by atoms with Crippen LogP contribution in [0.2, 0.25) is 0 Å². The molecule has 0 spiro atoms. The van der Waals surface area contributed by atoms with Crippen LogP contribution in [0.4, 0.5) is 14.5 Å². The summed E-state index contributed by atoms with van der Waals surface area (Å²) in [7, 11) is 0. The molecule has 0 atom stereocenters. The fourth-order valence-electron chi connectivity index (χ4n) is 1.61. The molecule has 0 N–H and O–H groups in total. The average molecular weight is 309 g/mol. The quantitative estimate of drug-likeness (QED) is 0.364. The fourth-order valence-corrected chi connectivity index (χ4v) is 2.39. The number of rotatable bonds is 5. The molecule has 21 heavy (non-hydrogen) atoms. The summed E-state index contributed by atoms with van der Waals surface area (Å²) in [6.45, 7) is 0. The minimum absolute atomic E-state index is 0.0413.